The van der Waals surface area contributed by atoms with Gasteiger partial charge in [0.25, 0.3) is 5.91 Å². The molecule has 0 aliphatic carbocycles. The van der Waals surface area contributed by atoms with Crippen molar-refractivity contribution in [2.75, 3.05) is 25.6 Å². The number of methoxy groups -OCH3 is 1. The van der Waals surface area contributed by atoms with Crippen molar-refractivity contribution in [3.05, 3.63) is 71.9 Å². The number of nitrogens with zero attached hydrogens (tertiary/aromatic N) is 2. The molecule has 152 valence electrons. The van der Waals surface area contributed by atoms with Gasteiger partial charge in [-0.25, -0.2) is 0 Å². The molecule has 0 aliphatic heterocycles. The fraction of sp³-hybridized carbons (Fsp3) is 0.174. The molecular formula is C23H22N4O3. The van der Waals surface area contributed by atoms with Crippen LogP contribution in [0.15, 0.2) is 66.4 Å². The average molecular weight is 402 g/mol. The Morgan fingerprint density at radius 3 is 2.60 bits per heavy atom. The summed E-state index contributed by atoms with van der Waals surface area (Å²) < 4.78 is 6.74. The first-order valence-corrected chi connectivity index (χ1v) is 9.44. The zero-order valence-electron chi connectivity index (χ0n) is 16.6. The molecule has 0 atom stereocenters. The van der Waals surface area contributed by atoms with E-state index in [1.807, 2.05) is 36.4 Å². The van der Waals surface area contributed by atoms with Crippen LogP contribution in [0.1, 0.15) is 5.56 Å². The first kappa shape index (κ1) is 20.8. The van der Waals surface area contributed by atoms with Crippen LogP contribution < -0.4 is 10.6 Å². The van der Waals surface area contributed by atoms with Gasteiger partial charge in [-0.05, 0) is 24.3 Å². The van der Waals surface area contributed by atoms with Gasteiger partial charge in [-0.2, -0.15) is 5.26 Å². The Labute approximate surface area is 174 Å². The number of carbonyl (C=O) groups is 2. The van der Waals surface area contributed by atoms with Crippen LogP contribution in [0.4, 0.5) is 5.69 Å². The number of benzene rings is 2. The molecule has 0 fully saturated rings. The number of ether oxygens (including phenoxy) is 1. The van der Waals surface area contributed by atoms with Gasteiger partial charge in [-0.15, -0.1) is 0 Å². The van der Waals surface area contributed by atoms with Crippen molar-refractivity contribution in [3.8, 4) is 6.07 Å². The molecule has 0 saturated heterocycles. The van der Waals surface area contributed by atoms with Gasteiger partial charge in [0.15, 0.2) is 0 Å². The van der Waals surface area contributed by atoms with E-state index in [1.165, 1.54) is 0 Å². The smallest absolute Gasteiger partial charge is 0.266 e. The molecule has 0 radical (unpaired) electrons. The Kier molecular flexibility index (Phi) is 6.98. The summed E-state index contributed by atoms with van der Waals surface area (Å²) in [4.78, 5) is 24.7. The van der Waals surface area contributed by atoms with E-state index in [2.05, 4.69) is 10.6 Å². The minimum absolute atomic E-state index is 0.0219. The molecule has 7 heteroatoms. The highest BCUT2D eigenvalue weighted by Gasteiger charge is 2.14. The van der Waals surface area contributed by atoms with Crippen molar-refractivity contribution in [3.63, 3.8) is 0 Å². The quantitative estimate of drug-likeness (QED) is 0.344. The number of rotatable bonds is 8. The van der Waals surface area contributed by atoms with Gasteiger partial charge in [-0.1, -0.05) is 36.4 Å². The first-order chi connectivity index (χ1) is 14.6. The molecule has 3 rings (SSSR count). The summed E-state index contributed by atoms with van der Waals surface area (Å²) in [6.07, 6.45) is 3.31. The van der Waals surface area contributed by atoms with Crippen LogP contribution in [0.25, 0.3) is 17.0 Å². The standard InChI is InChI=1S/C23H22N4O3/c1-30-12-11-25-22(28)16-27-15-18(20-9-5-6-10-21(20)27)13-17(14-24)23(29)26-19-7-3-2-4-8-19/h2-10,13,15H,11-12,16H2,1H3,(H,25,28)(H,26,29)/b17-13+. The number of nitrogens with one attached hydrogen (secondary N) is 2. The van der Waals surface area contributed by atoms with Crippen molar-refractivity contribution < 1.29 is 14.3 Å². The maximum atomic E-state index is 12.5. The normalized spacial score (nSPS) is 11.1. The molecule has 2 amide bonds. The van der Waals surface area contributed by atoms with Crippen molar-refractivity contribution in [2.45, 2.75) is 6.54 Å². The van der Waals surface area contributed by atoms with E-state index in [-0.39, 0.29) is 18.0 Å². The van der Waals surface area contributed by atoms with Crippen molar-refractivity contribution >= 4 is 34.5 Å². The number of hydrogen-bond donors (Lipinski definition) is 2. The van der Waals surface area contributed by atoms with Crippen LogP contribution in [0.3, 0.4) is 0 Å². The number of anilines is 1. The fourth-order valence-corrected chi connectivity index (χ4v) is 3.05. The molecule has 0 bridgehead atoms. The third-order valence-corrected chi connectivity index (χ3v) is 4.46. The zero-order chi connectivity index (χ0) is 21.3. The van der Waals surface area contributed by atoms with E-state index >= 15 is 0 Å². The van der Waals surface area contributed by atoms with Crippen LogP contribution in [0.5, 0.6) is 0 Å². The Balaban J connectivity index is 1.86. The maximum absolute atomic E-state index is 12.5. The highest BCUT2D eigenvalue weighted by molar-refractivity contribution is 6.10. The number of nitriles is 1. The molecule has 0 unspecified atom stereocenters. The minimum Gasteiger partial charge on any atom is -0.383 e. The summed E-state index contributed by atoms with van der Waals surface area (Å²) >= 11 is 0. The lowest BCUT2D eigenvalue weighted by Gasteiger charge is -2.06. The van der Waals surface area contributed by atoms with Crippen molar-refractivity contribution in [1.29, 1.82) is 5.26 Å². The lowest BCUT2D eigenvalue weighted by molar-refractivity contribution is -0.121. The number of amides is 2. The Morgan fingerprint density at radius 2 is 1.87 bits per heavy atom. The zero-order valence-corrected chi connectivity index (χ0v) is 16.6. The molecule has 3 aromatic rings. The minimum atomic E-state index is -0.488. The molecule has 2 aromatic carbocycles. The maximum Gasteiger partial charge on any atom is 0.266 e. The summed E-state index contributed by atoms with van der Waals surface area (Å²) in [5.41, 5.74) is 2.12. The van der Waals surface area contributed by atoms with Gasteiger partial charge in [0, 0.05) is 42.0 Å². The highest BCUT2D eigenvalue weighted by Crippen LogP contribution is 2.24. The van der Waals surface area contributed by atoms with Crippen LogP contribution in [-0.2, 0) is 20.9 Å². The van der Waals surface area contributed by atoms with Gasteiger partial charge in [0.2, 0.25) is 5.91 Å². The van der Waals surface area contributed by atoms with E-state index in [0.717, 1.165) is 10.9 Å². The largest absolute Gasteiger partial charge is 0.383 e. The highest BCUT2D eigenvalue weighted by atomic mass is 16.5. The van der Waals surface area contributed by atoms with Crippen molar-refractivity contribution in [1.82, 2.24) is 9.88 Å². The topological polar surface area (TPSA) is 96.2 Å². The molecule has 0 aliphatic rings. The summed E-state index contributed by atoms with van der Waals surface area (Å²) in [6.45, 7) is 0.990. The van der Waals surface area contributed by atoms with Gasteiger partial charge < -0.3 is 19.9 Å². The van der Waals surface area contributed by atoms with Gasteiger partial charge >= 0.3 is 0 Å². The van der Waals surface area contributed by atoms with E-state index < -0.39 is 5.91 Å². The Hall–Kier alpha value is -3.89. The predicted molar refractivity (Wildman–Crippen MR) is 115 cm³/mol. The molecule has 2 N–H and O–H groups in total. The number of carbonyl (C=O) groups excluding carboxylic acids is 2. The second-order valence-electron chi connectivity index (χ2n) is 6.56. The number of fused-ring (bicyclic) bond motifs is 1. The van der Waals surface area contributed by atoms with Gasteiger partial charge in [-0.3, -0.25) is 9.59 Å². The third-order valence-electron chi connectivity index (χ3n) is 4.46. The monoisotopic (exact) mass is 402 g/mol. The molecule has 1 heterocycles. The summed E-state index contributed by atoms with van der Waals surface area (Å²) in [5, 5.41) is 15.9. The first-order valence-electron chi connectivity index (χ1n) is 9.44. The Bertz CT molecular complexity index is 1110. The second-order valence-corrected chi connectivity index (χ2v) is 6.56. The second kappa shape index (κ2) is 10.0. The molecule has 0 saturated carbocycles. The summed E-state index contributed by atoms with van der Waals surface area (Å²) in [6, 6.07) is 18.5. The van der Waals surface area contributed by atoms with E-state index in [4.69, 9.17) is 4.74 Å². The van der Waals surface area contributed by atoms with E-state index in [1.54, 1.807) is 48.2 Å². The Morgan fingerprint density at radius 1 is 1.13 bits per heavy atom. The third kappa shape index (κ3) is 5.13. The fourth-order valence-electron chi connectivity index (χ4n) is 3.05. The lowest BCUT2D eigenvalue weighted by Crippen LogP contribution is -2.30. The summed E-state index contributed by atoms with van der Waals surface area (Å²) in [5.74, 6) is -0.636. The molecule has 30 heavy (non-hydrogen) atoms. The molecular weight excluding hydrogens is 380 g/mol. The SMILES string of the molecule is COCCNC(=O)Cn1cc(/C=C(\C#N)C(=O)Nc2ccccc2)c2ccccc21. The molecule has 1 aromatic heterocycles. The molecule has 0 spiro atoms. The van der Waals surface area contributed by atoms with Gasteiger partial charge in [0.05, 0.1) is 6.61 Å². The van der Waals surface area contributed by atoms with E-state index in [0.29, 0.717) is 24.4 Å². The van der Waals surface area contributed by atoms with E-state index in [9.17, 15) is 14.9 Å². The number of para-hydroxylation sites is 2. The number of hydrogen-bond acceptors (Lipinski definition) is 4. The lowest BCUT2D eigenvalue weighted by atomic mass is 10.1. The van der Waals surface area contributed by atoms with Gasteiger partial charge in [0.1, 0.15) is 18.2 Å². The van der Waals surface area contributed by atoms with Crippen LogP contribution in [-0.4, -0.2) is 36.6 Å². The van der Waals surface area contributed by atoms with Crippen LogP contribution in [0.2, 0.25) is 0 Å². The van der Waals surface area contributed by atoms with Crippen LogP contribution >= 0.6 is 0 Å². The molecule has 7 nitrogen and oxygen atoms in total. The average Bonchev–Trinajstić information content (AvgIpc) is 3.10. The van der Waals surface area contributed by atoms with Crippen LogP contribution in [0, 0.1) is 11.3 Å². The number of aromatic nitrogens is 1. The summed E-state index contributed by atoms with van der Waals surface area (Å²) in [7, 11) is 1.57. The predicted octanol–water partition coefficient (Wildman–Crippen LogP) is 2.95. The van der Waals surface area contributed by atoms with Crippen molar-refractivity contribution in [2.24, 2.45) is 0 Å².